The van der Waals surface area contributed by atoms with E-state index in [9.17, 15) is 0 Å². The lowest BCUT2D eigenvalue weighted by Crippen LogP contribution is -2.05. The van der Waals surface area contributed by atoms with Crippen molar-refractivity contribution >= 4 is 17.2 Å². The van der Waals surface area contributed by atoms with Crippen molar-refractivity contribution in [3.05, 3.63) is 72.0 Å². The average molecular weight is 388 g/mol. The number of fused-ring (bicyclic) bond motifs is 1. The quantitative estimate of drug-likeness (QED) is 0.538. The number of anilines is 1. The van der Waals surface area contributed by atoms with Gasteiger partial charge in [0.2, 0.25) is 6.79 Å². The zero-order valence-corrected chi connectivity index (χ0v) is 15.6. The maximum atomic E-state index is 5.47. The van der Waals surface area contributed by atoms with E-state index in [1.807, 2.05) is 48.0 Å². The first-order chi connectivity index (χ1) is 13.9. The van der Waals surface area contributed by atoms with Gasteiger partial charge in [-0.2, -0.15) is 0 Å². The molecule has 3 aromatic heterocycles. The van der Waals surface area contributed by atoms with Crippen LogP contribution >= 0.6 is 11.3 Å². The van der Waals surface area contributed by atoms with Crippen molar-refractivity contribution in [2.75, 3.05) is 12.1 Å². The molecule has 0 amide bonds. The van der Waals surface area contributed by atoms with Gasteiger partial charge in [-0.25, -0.2) is 9.97 Å². The van der Waals surface area contributed by atoms with Gasteiger partial charge in [-0.05, 0) is 41.3 Å². The van der Waals surface area contributed by atoms with Gasteiger partial charge in [0.25, 0.3) is 0 Å². The summed E-state index contributed by atoms with van der Waals surface area (Å²) in [5.74, 6) is 2.98. The van der Waals surface area contributed by atoms with Crippen LogP contribution < -0.4 is 14.8 Å². The maximum Gasteiger partial charge on any atom is 0.231 e. The highest BCUT2D eigenvalue weighted by molar-refractivity contribution is 7.13. The first-order valence-electron chi connectivity index (χ1n) is 8.80. The third-order valence-electron chi connectivity index (χ3n) is 4.39. The Morgan fingerprint density at radius 3 is 2.86 bits per heavy atom. The highest BCUT2D eigenvalue weighted by Crippen LogP contribution is 2.34. The molecule has 4 heterocycles. The molecule has 0 fully saturated rings. The average Bonchev–Trinajstić information content (AvgIpc) is 3.44. The Morgan fingerprint density at radius 2 is 2.00 bits per heavy atom. The highest BCUT2D eigenvalue weighted by atomic mass is 32.1. The summed E-state index contributed by atoms with van der Waals surface area (Å²) in [6.07, 6.45) is 5.37. The van der Waals surface area contributed by atoms with Crippen molar-refractivity contribution < 1.29 is 9.47 Å². The van der Waals surface area contributed by atoms with E-state index in [4.69, 9.17) is 14.5 Å². The number of ether oxygens (including phenoxy) is 2. The lowest BCUT2D eigenvalue weighted by Gasteiger charge is -2.12. The topological polar surface area (TPSA) is 69.2 Å². The third-order valence-corrected chi connectivity index (χ3v) is 5.30. The summed E-state index contributed by atoms with van der Waals surface area (Å²) in [5, 5.41) is 5.51. The van der Waals surface area contributed by atoms with Crippen LogP contribution in [0.5, 0.6) is 11.5 Å². The second kappa shape index (κ2) is 7.28. The largest absolute Gasteiger partial charge is 0.454 e. The van der Waals surface area contributed by atoms with Crippen molar-refractivity contribution in [2.45, 2.75) is 6.54 Å². The lowest BCUT2D eigenvalue weighted by molar-refractivity contribution is 0.174. The fraction of sp³-hybridized carbons (Fsp3) is 0.0952. The molecular weight excluding hydrogens is 372 g/mol. The second-order valence-corrected chi connectivity index (χ2v) is 7.16. The van der Waals surface area contributed by atoms with Crippen LogP contribution in [0.25, 0.3) is 21.8 Å². The molecule has 0 unspecified atom stereocenters. The van der Waals surface area contributed by atoms with Crippen molar-refractivity contribution in [1.82, 2.24) is 15.0 Å². The Morgan fingerprint density at radius 1 is 1.04 bits per heavy atom. The van der Waals surface area contributed by atoms with Gasteiger partial charge in [0.15, 0.2) is 17.3 Å². The van der Waals surface area contributed by atoms with E-state index >= 15 is 0 Å². The summed E-state index contributed by atoms with van der Waals surface area (Å²) < 4.78 is 10.9. The summed E-state index contributed by atoms with van der Waals surface area (Å²) in [5.41, 5.74) is 2.94. The van der Waals surface area contributed by atoms with Crippen LogP contribution in [0.3, 0.4) is 0 Å². The molecule has 0 aliphatic carbocycles. The SMILES string of the molecule is c1cncc(-c2ncc(-c3cccs3)c(NCc3ccc4c(c3)OCO4)n2)c1. The normalized spacial score (nSPS) is 12.1. The molecular formula is C21H16N4O2S. The summed E-state index contributed by atoms with van der Waals surface area (Å²) >= 11 is 1.66. The number of hydrogen-bond acceptors (Lipinski definition) is 7. The Balaban J connectivity index is 1.47. The van der Waals surface area contributed by atoms with Crippen LogP contribution in [0.1, 0.15) is 5.56 Å². The van der Waals surface area contributed by atoms with Crippen LogP contribution in [-0.2, 0) is 6.54 Å². The van der Waals surface area contributed by atoms with Crippen LogP contribution in [0.4, 0.5) is 5.82 Å². The maximum absolute atomic E-state index is 5.47. The third kappa shape index (κ3) is 3.27. The van der Waals surface area contributed by atoms with E-state index in [0.717, 1.165) is 38.9 Å². The molecule has 0 saturated heterocycles. The summed E-state index contributed by atoms with van der Waals surface area (Å²) in [6, 6.07) is 13.9. The van der Waals surface area contributed by atoms with Gasteiger partial charge in [-0.3, -0.25) is 4.98 Å². The molecule has 1 aromatic carbocycles. The van der Waals surface area contributed by atoms with Crippen LogP contribution in [0.15, 0.2) is 66.4 Å². The van der Waals surface area contributed by atoms with Gasteiger partial charge in [0, 0.05) is 35.6 Å². The molecule has 1 aliphatic heterocycles. The molecule has 7 heteroatoms. The molecule has 138 valence electrons. The number of nitrogens with zero attached hydrogens (tertiary/aromatic N) is 3. The van der Waals surface area contributed by atoms with Gasteiger partial charge < -0.3 is 14.8 Å². The summed E-state index contributed by atoms with van der Waals surface area (Å²) in [6.45, 7) is 0.883. The molecule has 1 aliphatic rings. The molecule has 0 bridgehead atoms. The molecule has 0 radical (unpaired) electrons. The predicted molar refractivity (Wildman–Crippen MR) is 108 cm³/mol. The van der Waals surface area contributed by atoms with E-state index in [1.54, 1.807) is 23.7 Å². The first kappa shape index (κ1) is 16.7. The van der Waals surface area contributed by atoms with E-state index in [2.05, 4.69) is 21.4 Å². The Kier molecular flexibility index (Phi) is 4.34. The minimum absolute atomic E-state index is 0.273. The van der Waals surface area contributed by atoms with E-state index in [0.29, 0.717) is 12.4 Å². The van der Waals surface area contributed by atoms with Crippen LogP contribution in [-0.4, -0.2) is 21.7 Å². The van der Waals surface area contributed by atoms with Gasteiger partial charge >= 0.3 is 0 Å². The Bertz CT molecular complexity index is 1100. The molecule has 5 rings (SSSR count). The van der Waals surface area contributed by atoms with Crippen molar-refractivity contribution in [2.24, 2.45) is 0 Å². The molecule has 6 nitrogen and oxygen atoms in total. The standard InChI is InChI=1S/C21H16N4O2S/c1-3-15(11-22-7-1)20-24-12-16(19-4-2-8-28-19)21(25-20)23-10-14-5-6-17-18(9-14)27-13-26-17/h1-9,11-12H,10,13H2,(H,23,24,25). The predicted octanol–water partition coefficient (Wildman–Crippen LogP) is 4.61. The number of pyridine rings is 1. The Hall–Kier alpha value is -3.45. The van der Waals surface area contributed by atoms with E-state index in [1.165, 1.54) is 0 Å². The monoisotopic (exact) mass is 388 g/mol. The van der Waals surface area contributed by atoms with E-state index in [-0.39, 0.29) is 6.79 Å². The Labute approximate surface area is 165 Å². The number of benzene rings is 1. The first-order valence-corrected chi connectivity index (χ1v) is 9.68. The van der Waals surface area contributed by atoms with Crippen molar-refractivity contribution in [3.63, 3.8) is 0 Å². The number of aromatic nitrogens is 3. The van der Waals surface area contributed by atoms with Crippen molar-refractivity contribution in [3.8, 4) is 33.3 Å². The summed E-state index contributed by atoms with van der Waals surface area (Å²) in [7, 11) is 0. The highest BCUT2D eigenvalue weighted by Gasteiger charge is 2.15. The van der Waals surface area contributed by atoms with Gasteiger partial charge in [-0.15, -0.1) is 11.3 Å². The lowest BCUT2D eigenvalue weighted by atomic mass is 10.2. The van der Waals surface area contributed by atoms with Crippen molar-refractivity contribution in [1.29, 1.82) is 0 Å². The smallest absolute Gasteiger partial charge is 0.231 e. The number of hydrogen-bond donors (Lipinski definition) is 1. The fourth-order valence-corrected chi connectivity index (χ4v) is 3.74. The van der Waals surface area contributed by atoms with Gasteiger partial charge in [-0.1, -0.05) is 12.1 Å². The minimum Gasteiger partial charge on any atom is -0.454 e. The molecule has 0 atom stereocenters. The fourth-order valence-electron chi connectivity index (χ4n) is 3.00. The zero-order chi connectivity index (χ0) is 18.8. The molecule has 4 aromatic rings. The van der Waals surface area contributed by atoms with E-state index < -0.39 is 0 Å². The zero-order valence-electron chi connectivity index (χ0n) is 14.8. The van der Waals surface area contributed by atoms with Crippen LogP contribution in [0.2, 0.25) is 0 Å². The second-order valence-electron chi connectivity index (χ2n) is 6.22. The molecule has 1 N–H and O–H groups in total. The number of thiophene rings is 1. The van der Waals surface area contributed by atoms with Crippen LogP contribution in [0, 0.1) is 0 Å². The molecule has 0 saturated carbocycles. The van der Waals surface area contributed by atoms with Gasteiger partial charge in [0.05, 0.1) is 5.56 Å². The molecule has 0 spiro atoms. The number of nitrogens with one attached hydrogen (secondary N) is 1. The molecule has 28 heavy (non-hydrogen) atoms. The van der Waals surface area contributed by atoms with Gasteiger partial charge in [0.1, 0.15) is 5.82 Å². The summed E-state index contributed by atoms with van der Waals surface area (Å²) in [4.78, 5) is 14.6. The minimum atomic E-state index is 0.273. The number of rotatable bonds is 5.